The summed E-state index contributed by atoms with van der Waals surface area (Å²) in [6, 6.07) is 4.80. The van der Waals surface area contributed by atoms with E-state index in [0.717, 1.165) is 0 Å². The number of nitrogens with zero attached hydrogens (tertiary/aromatic N) is 2. The zero-order valence-corrected chi connectivity index (χ0v) is 12.2. The second kappa shape index (κ2) is 6.85. The minimum absolute atomic E-state index is 0.0473. The van der Waals surface area contributed by atoms with E-state index in [-0.39, 0.29) is 38.5 Å². The predicted octanol–water partition coefficient (Wildman–Crippen LogP) is 2.57. The molecule has 0 atom stereocenters. The molecule has 0 radical (unpaired) electrons. The van der Waals surface area contributed by atoms with E-state index in [1.165, 1.54) is 12.0 Å². The lowest BCUT2D eigenvalue weighted by Gasteiger charge is -2.32. The highest BCUT2D eigenvalue weighted by atomic mass is 19.4. The summed E-state index contributed by atoms with van der Waals surface area (Å²) in [5.74, 6) is -0.866. The van der Waals surface area contributed by atoms with Crippen molar-refractivity contribution in [2.24, 2.45) is 5.92 Å². The molecule has 0 spiro atoms. The summed E-state index contributed by atoms with van der Waals surface area (Å²) in [4.78, 5) is 17.5. The van der Waals surface area contributed by atoms with Crippen molar-refractivity contribution in [1.82, 2.24) is 15.2 Å². The van der Waals surface area contributed by atoms with Crippen LogP contribution in [0.15, 0.2) is 18.2 Å². The van der Waals surface area contributed by atoms with E-state index in [1.807, 2.05) is 0 Å². The van der Waals surface area contributed by atoms with Gasteiger partial charge in [-0.05, 0) is 18.9 Å². The molecule has 1 aromatic heterocycles. The van der Waals surface area contributed by atoms with E-state index in [0.29, 0.717) is 11.6 Å². The molecule has 1 saturated heterocycles. The first-order chi connectivity index (χ1) is 10.4. The number of carbonyl (C=O) groups excluding carboxylic acids is 1. The highest BCUT2D eigenvalue weighted by Gasteiger charge is 2.41. The van der Waals surface area contributed by atoms with Crippen LogP contribution in [0.2, 0.25) is 0 Å². The summed E-state index contributed by atoms with van der Waals surface area (Å²) >= 11 is 0. The third-order valence-electron chi connectivity index (χ3n) is 3.66. The van der Waals surface area contributed by atoms with E-state index in [2.05, 4.69) is 10.3 Å². The van der Waals surface area contributed by atoms with Crippen molar-refractivity contribution in [3.8, 4) is 5.88 Å². The topological polar surface area (TPSA) is 54.5 Å². The van der Waals surface area contributed by atoms with Gasteiger partial charge in [-0.2, -0.15) is 13.2 Å². The van der Waals surface area contributed by atoms with E-state index in [9.17, 15) is 18.0 Å². The monoisotopic (exact) mass is 317 g/mol. The molecule has 1 fully saturated rings. The number of amides is 2. The normalized spacial score (nSPS) is 16.5. The van der Waals surface area contributed by atoms with Crippen molar-refractivity contribution in [3.63, 3.8) is 0 Å². The van der Waals surface area contributed by atoms with Gasteiger partial charge >= 0.3 is 12.2 Å². The molecule has 0 aromatic carbocycles. The van der Waals surface area contributed by atoms with Gasteiger partial charge in [0.1, 0.15) is 0 Å². The Morgan fingerprint density at radius 3 is 2.68 bits per heavy atom. The van der Waals surface area contributed by atoms with Gasteiger partial charge in [0.25, 0.3) is 0 Å². The van der Waals surface area contributed by atoms with Gasteiger partial charge < -0.3 is 15.0 Å². The Kier molecular flexibility index (Phi) is 5.10. The smallest absolute Gasteiger partial charge is 0.391 e. The number of urea groups is 1. The fourth-order valence-electron chi connectivity index (χ4n) is 2.36. The third kappa shape index (κ3) is 4.25. The maximum absolute atomic E-state index is 12.6. The van der Waals surface area contributed by atoms with Crippen LogP contribution in [0.1, 0.15) is 18.5 Å². The molecule has 1 aliphatic heterocycles. The molecule has 5 nitrogen and oxygen atoms in total. The molecule has 122 valence electrons. The highest BCUT2D eigenvalue weighted by Crippen LogP contribution is 2.33. The number of methoxy groups -OCH3 is 1. The molecule has 22 heavy (non-hydrogen) atoms. The molecule has 1 aliphatic rings. The molecular formula is C14H18F3N3O2. The first-order valence-corrected chi connectivity index (χ1v) is 6.99. The Balaban J connectivity index is 1.81. The number of alkyl halides is 3. The predicted molar refractivity (Wildman–Crippen MR) is 73.4 cm³/mol. The minimum atomic E-state index is -4.17. The summed E-state index contributed by atoms with van der Waals surface area (Å²) in [6.07, 6.45) is -4.27. The number of halogens is 3. The molecule has 0 bridgehead atoms. The van der Waals surface area contributed by atoms with Gasteiger partial charge in [0.2, 0.25) is 5.88 Å². The van der Waals surface area contributed by atoms with E-state index < -0.39 is 12.1 Å². The number of hydrogen-bond acceptors (Lipinski definition) is 3. The SMILES string of the molecule is COc1cccc(CNC(=O)N2CCC(C(F)(F)F)CC2)n1. The summed E-state index contributed by atoms with van der Waals surface area (Å²) in [6.45, 7) is 0.429. The summed E-state index contributed by atoms with van der Waals surface area (Å²) in [7, 11) is 1.50. The summed E-state index contributed by atoms with van der Waals surface area (Å²) < 4.78 is 42.7. The van der Waals surface area contributed by atoms with E-state index in [1.54, 1.807) is 18.2 Å². The quantitative estimate of drug-likeness (QED) is 0.932. The first kappa shape index (κ1) is 16.4. The number of nitrogens with one attached hydrogen (secondary N) is 1. The van der Waals surface area contributed by atoms with Gasteiger partial charge in [-0.25, -0.2) is 9.78 Å². The van der Waals surface area contributed by atoms with Crippen LogP contribution in [0.5, 0.6) is 5.88 Å². The molecule has 1 N–H and O–H groups in total. The molecule has 0 unspecified atom stereocenters. The molecule has 2 amide bonds. The van der Waals surface area contributed by atoms with Crippen LogP contribution in [-0.4, -0.2) is 42.3 Å². The molecule has 0 aliphatic carbocycles. The fraction of sp³-hybridized carbons (Fsp3) is 0.571. The van der Waals surface area contributed by atoms with Crippen molar-refractivity contribution in [1.29, 1.82) is 0 Å². The van der Waals surface area contributed by atoms with Crippen LogP contribution >= 0.6 is 0 Å². The number of aromatic nitrogens is 1. The average molecular weight is 317 g/mol. The number of rotatable bonds is 3. The highest BCUT2D eigenvalue weighted by molar-refractivity contribution is 5.74. The van der Waals surface area contributed by atoms with Crippen LogP contribution in [-0.2, 0) is 6.54 Å². The standard InChI is InChI=1S/C14H18F3N3O2/c1-22-12-4-2-3-11(19-12)9-18-13(21)20-7-5-10(6-8-20)14(15,16)17/h2-4,10H,5-9H2,1H3,(H,18,21). The van der Waals surface area contributed by atoms with Crippen molar-refractivity contribution < 1.29 is 22.7 Å². The Morgan fingerprint density at radius 1 is 1.41 bits per heavy atom. The maximum Gasteiger partial charge on any atom is 0.391 e. The van der Waals surface area contributed by atoms with Crippen LogP contribution in [0.3, 0.4) is 0 Å². The molecule has 8 heteroatoms. The molecule has 0 saturated carbocycles. The molecule has 2 rings (SSSR count). The maximum atomic E-state index is 12.6. The van der Waals surface area contributed by atoms with Gasteiger partial charge in [-0.15, -0.1) is 0 Å². The molecule has 2 heterocycles. The van der Waals surface area contributed by atoms with Crippen LogP contribution < -0.4 is 10.1 Å². The lowest BCUT2D eigenvalue weighted by Crippen LogP contribution is -2.46. The molecular weight excluding hydrogens is 299 g/mol. The summed E-state index contributed by atoms with van der Waals surface area (Å²) in [5, 5.41) is 2.66. The second-order valence-electron chi connectivity index (χ2n) is 5.13. The van der Waals surface area contributed by atoms with Crippen molar-refractivity contribution in [2.45, 2.75) is 25.6 Å². The lowest BCUT2D eigenvalue weighted by atomic mass is 9.96. The number of pyridine rings is 1. The minimum Gasteiger partial charge on any atom is -0.481 e. The van der Waals surface area contributed by atoms with Gasteiger partial charge in [-0.1, -0.05) is 6.07 Å². The lowest BCUT2D eigenvalue weighted by molar-refractivity contribution is -0.183. The fourth-order valence-corrected chi connectivity index (χ4v) is 2.36. The van der Waals surface area contributed by atoms with Crippen molar-refractivity contribution >= 4 is 6.03 Å². The Labute approximate surface area is 126 Å². The number of piperidine rings is 1. The number of hydrogen-bond donors (Lipinski definition) is 1. The van der Waals surface area contributed by atoms with Crippen LogP contribution in [0.25, 0.3) is 0 Å². The Morgan fingerprint density at radius 2 is 2.09 bits per heavy atom. The zero-order valence-electron chi connectivity index (χ0n) is 12.2. The zero-order chi connectivity index (χ0) is 16.2. The summed E-state index contributed by atoms with van der Waals surface area (Å²) in [5.41, 5.74) is 0.623. The van der Waals surface area contributed by atoms with Gasteiger partial charge in [0.05, 0.1) is 25.3 Å². The second-order valence-corrected chi connectivity index (χ2v) is 5.13. The van der Waals surface area contributed by atoms with Gasteiger partial charge in [-0.3, -0.25) is 0 Å². The largest absolute Gasteiger partial charge is 0.481 e. The van der Waals surface area contributed by atoms with Crippen molar-refractivity contribution in [2.75, 3.05) is 20.2 Å². The Bertz CT molecular complexity index is 514. The van der Waals surface area contributed by atoms with E-state index >= 15 is 0 Å². The Hall–Kier alpha value is -1.99. The number of ether oxygens (including phenoxy) is 1. The van der Waals surface area contributed by atoms with Crippen LogP contribution in [0, 0.1) is 5.92 Å². The van der Waals surface area contributed by atoms with Crippen LogP contribution in [0.4, 0.5) is 18.0 Å². The van der Waals surface area contributed by atoms with Crippen molar-refractivity contribution in [3.05, 3.63) is 23.9 Å². The molecule has 1 aromatic rings. The van der Waals surface area contributed by atoms with Gasteiger partial charge in [0.15, 0.2) is 0 Å². The van der Waals surface area contributed by atoms with E-state index in [4.69, 9.17) is 4.74 Å². The average Bonchev–Trinajstić information content (AvgIpc) is 2.52. The third-order valence-corrected chi connectivity index (χ3v) is 3.66. The van der Waals surface area contributed by atoms with Gasteiger partial charge in [0, 0.05) is 19.2 Å². The number of carbonyl (C=O) groups is 1. The number of likely N-dealkylation sites (tertiary alicyclic amines) is 1. The first-order valence-electron chi connectivity index (χ1n) is 6.99.